The molecule has 0 saturated carbocycles. The highest BCUT2D eigenvalue weighted by atomic mass is 32.2. The van der Waals surface area contributed by atoms with Gasteiger partial charge in [0.25, 0.3) is 0 Å². The zero-order chi connectivity index (χ0) is 23.5. The van der Waals surface area contributed by atoms with Crippen LogP contribution in [0.25, 0.3) is 0 Å². The van der Waals surface area contributed by atoms with Crippen LogP contribution >= 0.6 is 0 Å². The SMILES string of the molecule is Cc1ccc([C@H](CN2CCOCC2)NS(=O)(=O)c2ccc(S(=O)(=O)N3CCCC3)cc2)cc1. The zero-order valence-corrected chi connectivity index (χ0v) is 20.4. The molecule has 4 rings (SSSR count). The van der Waals surface area contributed by atoms with Crippen molar-refractivity contribution in [3.63, 3.8) is 0 Å². The number of nitrogens with zero attached hydrogens (tertiary/aromatic N) is 2. The average Bonchev–Trinajstić information content (AvgIpc) is 3.36. The van der Waals surface area contributed by atoms with Gasteiger partial charge in [0.2, 0.25) is 20.0 Å². The van der Waals surface area contributed by atoms with Crippen LogP contribution < -0.4 is 4.72 Å². The molecule has 0 unspecified atom stereocenters. The minimum absolute atomic E-state index is 0.0435. The Morgan fingerprint density at radius 3 is 2.03 bits per heavy atom. The third kappa shape index (κ3) is 5.82. The van der Waals surface area contributed by atoms with E-state index in [0.29, 0.717) is 32.8 Å². The van der Waals surface area contributed by atoms with E-state index in [9.17, 15) is 16.8 Å². The average molecular weight is 494 g/mol. The Morgan fingerprint density at radius 1 is 0.848 bits per heavy atom. The largest absolute Gasteiger partial charge is 0.379 e. The third-order valence-corrected chi connectivity index (χ3v) is 9.56. The number of ether oxygens (including phenoxy) is 1. The highest BCUT2D eigenvalue weighted by molar-refractivity contribution is 7.89. The van der Waals surface area contributed by atoms with Gasteiger partial charge < -0.3 is 4.74 Å². The molecule has 0 spiro atoms. The smallest absolute Gasteiger partial charge is 0.243 e. The fraction of sp³-hybridized carbons (Fsp3) is 0.478. The van der Waals surface area contributed by atoms with Crippen molar-refractivity contribution in [1.82, 2.24) is 13.9 Å². The lowest BCUT2D eigenvalue weighted by atomic mass is 10.1. The van der Waals surface area contributed by atoms with Gasteiger partial charge in [-0.2, -0.15) is 4.31 Å². The maximum Gasteiger partial charge on any atom is 0.243 e. The predicted molar refractivity (Wildman–Crippen MR) is 126 cm³/mol. The molecule has 2 aromatic rings. The van der Waals surface area contributed by atoms with E-state index in [2.05, 4.69) is 9.62 Å². The van der Waals surface area contributed by atoms with Crippen molar-refractivity contribution in [2.75, 3.05) is 45.9 Å². The summed E-state index contributed by atoms with van der Waals surface area (Å²) in [6.45, 7) is 6.25. The summed E-state index contributed by atoms with van der Waals surface area (Å²) >= 11 is 0. The van der Waals surface area contributed by atoms with E-state index in [4.69, 9.17) is 4.74 Å². The van der Waals surface area contributed by atoms with E-state index in [-0.39, 0.29) is 9.79 Å². The Bertz CT molecular complexity index is 1140. The van der Waals surface area contributed by atoms with Crippen LogP contribution in [-0.2, 0) is 24.8 Å². The molecule has 1 atom stereocenters. The van der Waals surface area contributed by atoms with Crippen molar-refractivity contribution in [1.29, 1.82) is 0 Å². The number of rotatable bonds is 8. The first-order valence-electron chi connectivity index (χ1n) is 11.2. The Balaban J connectivity index is 1.55. The van der Waals surface area contributed by atoms with Gasteiger partial charge in [-0.25, -0.2) is 21.6 Å². The van der Waals surface area contributed by atoms with Crippen LogP contribution in [0.4, 0.5) is 0 Å². The number of nitrogens with one attached hydrogen (secondary N) is 1. The summed E-state index contributed by atoms with van der Waals surface area (Å²) < 4.78 is 61.7. The summed E-state index contributed by atoms with van der Waals surface area (Å²) in [5, 5.41) is 0. The summed E-state index contributed by atoms with van der Waals surface area (Å²) in [6.07, 6.45) is 1.69. The summed E-state index contributed by atoms with van der Waals surface area (Å²) in [5.41, 5.74) is 1.98. The molecule has 180 valence electrons. The number of sulfonamides is 2. The fourth-order valence-electron chi connectivity index (χ4n) is 4.18. The van der Waals surface area contributed by atoms with E-state index in [1.165, 1.54) is 28.6 Å². The van der Waals surface area contributed by atoms with Crippen LogP contribution in [-0.4, -0.2) is 72.0 Å². The van der Waals surface area contributed by atoms with Gasteiger partial charge in [-0.1, -0.05) is 29.8 Å². The quantitative estimate of drug-likeness (QED) is 0.605. The summed E-state index contributed by atoms with van der Waals surface area (Å²) in [7, 11) is -7.46. The molecule has 0 aliphatic carbocycles. The van der Waals surface area contributed by atoms with Crippen molar-refractivity contribution in [3.8, 4) is 0 Å². The molecular formula is C23H31N3O5S2. The molecule has 2 aliphatic rings. The van der Waals surface area contributed by atoms with Gasteiger partial charge in [-0.3, -0.25) is 4.90 Å². The molecule has 1 N–H and O–H groups in total. The topological polar surface area (TPSA) is 96.0 Å². The van der Waals surface area contributed by atoms with Crippen LogP contribution in [0.15, 0.2) is 58.3 Å². The monoisotopic (exact) mass is 493 g/mol. The second-order valence-electron chi connectivity index (χ2n) is 8.58. The second kappa shape index (κ2) is 10.2. The number of aryl methyl sites for hydroxylation is 1. The first kappa shape index (κ1) is 24.3. The summed E-state index contributed by atoms with van der Waals surface area (Å²) in [6, 6.07) is 12.9. The van der Waals surface area contributed by atoms with Gasteiger partial charge in [-0.05, 0) is 49.6 Å². The van der Waals surface area contributed by atoms with E-state index >= 15 is 0 Å². The van der Waals surface area contributed by atoms with E-state index in [1.807, 2.05) is 31.2 Å². The number of hydrogen-bond donors (Lipinski definition) is 1. The second-order valence-corrected chi connectivity index (χ2v) is 12.2. The molecule has 0 amide bonds. The molecule has 0 bridgehead atoms. The van der Waals surface area contributed by atoms with Crippen molar-refractivity contribution in [2.24, 2.45) is 0 Å². The van der Waals surface area contributed by atoms with Gasteiger partial charge in [0.15, 0.2) is 0 Å². The van der Waals surface area contributed by atoms with Gasteiger partial charge in [-0.15, -0.1) is 0 Å². The number of hydrogen-bond acceptors (Lipinski definition) is 6. The third-order valence-electron chi connectivity index (χ3n) is 6.16. The molecule has 0 radical (unpaired) electrons. The molecular weight excluding hydrogens is 462 g/mol. The lowest BCUT2D eigenvalue weighted by Gasteiger charge is -2.31. The van der Waals surface area contributed by atoms with E-state index in [0.717, 1.165) is 37.1 Å². The van der Waals surface area contributed by atoms with Gasteiger partial charge >= 0.3 is 0 Å². The Hall–Kier alpha value is -1.82. The first-order valence-corrected chi connectivity index (χ1v) is 14.2. The lowest BCUT2D eigenvalue weighted by Crippen LogP contribution is -2.43. The molecule has 0 aromatic heterocycles. The standard InChI is InChI=1S/C23H31N3O5S2/c1-19-4-6-20(7-5-19)23(18-25-14-16-31-17-15-25)24-32(27,28)21-8-10-22(11-9-21)33(29,30)26-12-2-3-13-26/h4-11,23-24H,2-3,12-18H2,1H3/t23-/m0/s1. The van der Waals surface area contributed by atoms with E-state index < -0.39 is 26.1 Å². The first-order chi connectivity index (χ1) is 15.8. The number of benzene rings is 2. The van der Waals surface area contributed by atoms with Crippen LogP contribution in [0.3, 0.4) is 0 Å². The molecule has 2 aromatic carbocycles. The normalized spacial score (nSPS) is 19.5. The summed E-state index contributed by atoms with van der Waals surface area (Å²) in [5.74, 6) is 0. The van der Waals surface area contributed by atoms with Crippen LogP contribution in [0.2, 0.25) is 0 Å². The van der Waals surface area contributed by atoms with Gasteiger partial charge in [0.05, 0.1) is 29.0 Å². The van der Waals surface area contributed by atoms with E-state index in [1.54, 1.807) is 0 Å². The Kier molecular flexibility index (Phi) is 7.52. The highest BCUT2D eigenvalue weighted by Gasteiger charge is 2.28. The maximum atomic E-state index is 13.2. The van der Waals surface area contributed by atoms with Crippen molar-refractivity contribution >= 4 is 20.0 Å². The van der Waals surface area contributed by atoms with Crippen molar-refractivity contribution in [2.45, 2.75) is 35.6 Å². The highest BCUT2D eigenvalue weighted by Crippen LogP contribution is 2.24. The summed E-state index contributed by atoms with van der Waals surface area (Å²) in [4.78, 5) is 2.34. The molecule has 33 heavy (non-hydrogen) atoms. The maximum absolute atomic E-state index is 13.2. The van der Waals surface area contributed by atoms with Gasteiger partial charge in [0, 0.05) is 32.7 Å². The fourth-order valence-corrected chi connectivity index (χ4v) is 6.91. The van der Waals surface area contributed by atoms with Crippen LogP contribution in [0, 0.1) is 6.92 Å². The molecule has 2 saturated heterocycles. The Morgan fingerprint density at radius 2 is 1.42 bits per heavy atom. The zero-order valence-electron chi connectivity index (χ0n) is 18.8. The molecule has 10 heteroatoms. The lowest BCUT2D eigenvalue weighted by molar-refractivity contribution is 0.0345. The van der Waals surface area contributed by atoms with Crippen LogP contribution in [0.5, 0.6) is 0 Å². The van der Waals surface area contributed by atoms with Crippen molar-refractivity contribution in [3.05, 3.63) is 59.7 Å². The predicted octanol–water partition coefficient (Wildman–Crippen LogP) is 2.13. The molecule has 2 heterocycles. The molecule has 2 fully saturated rings. The minimum Gasteiger partial charge on any atom is -0.379 e. The van der Waals surface area contributed by atoms with Crippen LogP contribution in [0.1, 0.15) is 30.0 Å². The van der Waals surface area contributed by atoms with Gasteiger partial charge in [0.1, 0.15) is 0 Å². The molecule has 8 nitrogen and oxygen atoms in total. The minimum atomic E-state index is -3.87. The van der Waals surface area contributed by atoms with Crippen molar-refractivity contribution < 1.29 is 21.6 Å². The number of morpholine rings is 1. The Labute approximate surface area is 196 Å². The molecule has 2 aliphatic heterocycles.